The Balaban J connectivity index is 1.99. The van der Waals surface area contributed by atoms with E-state index in [1.165, 1.54) is 37.9 Å². The molecule has 3 rings (SSSR count). The third-order valence-corrected chi connectivity index (χ3v) is 4.63. The molecule has 0 saturated heterocycles. The monoisotopic (exact) mass is 253 g/mol. The van der Waals surface area contributed by atoms with Crippen molar-refractivity contribution in [2.75, 3.05) is 0 Å². The number of rotatable bonds is 3. The van der Waals surface area contributed by atoms with E-state index < -0.39 is 0 Å². The summed E-state index contributed by atoms with van der Waals surface area (Å²) in [7, 11) is 0. The maximum Gasteiger partial charge on any atom is 0.148 e. The molecule has 0 spiro atoms. The number of alkyl halides is 1. The van der Waals surface area contributed by atoms with Crippen LogP contribution in [0.1, 0.15) is 69.6 Å². The lowest BCUT2D eigenvalue weighted by Crippen LogP contribution is -2.20. The molecule has 1 unspecified atom stereocenters. The number of halogens is 1. The van der Waals surface area contributed by atoms with Crippen molar-refractivity contribution >= 4 is 11.6 Å². The van der Waals surface area contributed by atoms with E-state index in [-0.39, 0.29) is 0 Å². The van der Waals surface area contributed by atoms with E-state index in [0.29, 0.717) is 23.3 Å². The Morgan fingerprint density at radius 1 is 1.29 bits per heavy atom. The third-order valence-electron chi connectivity index (χ3n) is 4.39. The molecule has 0 N–H and O–H groups in total. The van der Waals surface area contributed by atoms with E-state index in [2.05, 4.69) is 28.6 Å². The Morgan fingerprint density at radius 2 is 2.06 bits per heavy atom. The van der Waals surface area contributed by atoms with Crippen molar-refractivity contribution in [3.05, 3.63) is 11.6 Å². The molecule has 1 heterocycles. The van der Waals surface area contributed by atoms with Crippen LogP contribution in [0, 0.1) is 5.41 Å². The number of aromatic nitrogens is 3. The molecular weight excluding hydrogens is 234 g/mol. The summed E-state index contributed by atoms with van der Waals surface area (Å²) in [5.41, 5.74) is 0.364. The average Bonchev–Trinajstić information content (AvgIpc) is 2.94. The third kappa shape index (κ3) is 1.88. The largest absolute Gasteiger partial charge is 0.311 e. The predicted octanol–water partition coefficient (Wildman–Crippen LogP) is 3.65. The highest BCUT2D eigenvalue weighted by Gasteiger charge is 2.41. The minimum Gasteiger partial charge on any atom is -0.311 e. The van der Waals surface area contributed by atoms with E-state index in [1.807, 2.05) is 0 Å². The Morgan fingerprint density at radius 3 is 2.59 bits per heavy atom. The van der Waals surface area contributed by atoms with Gasteiger partial charge in [-0.3, -0.25) is 0 Å². The summed E-state index contributed by atoms with van der Waals surface area (Å²) in [5, 5.41) is 8.74. The van der Waals surface area contributed by atoms with Gasteiger partial charge in [0.2, 0.25) is 0 Å². The second-order valence-corrected chi connectivity index (χ2v) is 6.41. The second kappa shape index (κ2) is 3.98. The van der Waals surface area contributed by atoms with Gasteiger partial charge >= 0.3 is 0 Å². The van der Waals surface area contributed by atoms with Gasteiger partial charge in [-0.2, -0.15) is 0 Å². The molecule has 2 aliphatic rings. The molecule has 1 atom stereocenters. The van der Waals surface area contributed by atoms with Gasteiger partial charge in [-0.1, -0.05) is 20.3 Å². The smallest absolute Gasteiger partial charge is 0.148 e. The summed E-state index contributed by atoms with van der Waals surface area (Å²) in [5.74, 6) is 3.21. The summed E-state index contributed by atoms with van der Waals surface area (Å²) in [4.78, 5) is 0. The van der Waals surface area contributed by atoms with Gasteiger partial charge in [-0.25, -0.2) is 0 Å². The van der Waals surface area contributed by atoms with Crippen LogP contribution in [0.5, 0.6) is 0 Å². The second-order valence-electron chi connectivity index (χ2n) is 6.14. The summed E-state index contributed by atoms with van der Waals surface area (Å²) in [6.45, 7) is 4.72. The van der Waals surface area contributed by atoms with Crippen LogP contribution in [0.4, 0.5) is 0 Å². The highest BCUT2D eigenvalue weighted by atomic mass is 35.5. The van der Waals surface area contributed by atoms with E-state index >= 15 is 0 Å². The van der Waals surface area contributed by atoms with Gasteiger partial charge in [0.05, 0.1) is 5.88 Å². The molecule has 0 radical (unpaired) electrons. The fourth-order valence-electron chi connectivity index (χ4n) is 3.20. The first kappa shape index (κ1) is 11.5. The van der Waals surface area contributed by atoms with Crippen LogP contribution in [0.3, 0.4) is 0 Å². The fraction of sp³-hybridized carbons (Fsp3) is 0.846. The highest BCUT2D eigenvalue weighted by Crippen LogP contribution is 2.50. The quantitative estimate of drug-likeness (QED) is 0.770. The van der Waals surface area contributed by atoms with E-state index in [4.69, 9.17) is 11.6 Å². The Kier molecular flexibility index (Phi) is 2.69. The molecule has 1 aromatic heterocycles. The van der Waals surface area contributed by atoms with Crippen LogP contribution in [-0.4, -0.2) is 14.8 Å². The zero-order valence-corrected chi connectivity index (χ0v) is 11.4. The summed E-state index contributed by atoms with van der Waals surface area (Å²) >= 11 is 5.97. The lowest BCUT2D eigenvalue weighted by molar-refractivity contribution is 0.314. The van der Waals surface area contributed by atoms with E-state index in [1.54, 1.807) is 0 Å². The molecule has 0 amide bonds. The number of nitrogens with zero attached hydrogens (tertiary/aromatic N) is 3. The molecule has 4 heteroatoms. The topological polar surface area (TPSA) is 30.7 Å². The lowest BCUT2D eigenvalue weighted by atomic mass is 9.81. The zero-order chi connectivity index (χ0) is 12.0. The first-order valence-corrected chi connectivity index (χ1v) is 7.16. The molecule has 94 valence electrons. The summed E-state index contributed by atoms with van der Waals surface area (Å²) < 4.78 is 2.34. The summed E-state index contributed by atoms with van der Waals surface area (Å²) in [6, 6.07) is 0.630. The van der Waals surface area contributed by atoms with Crippen molar-refractivity contribution < 1.29 is 0 Å². The molecule has 0 aromatic carbocycles. The normalized spacial score (nSPS) is 27.6. The van der Waals surface area contributed by atoms with Gasteiger partial charge in [0.1, 0.15) is 11.6 Å². The first-order chi connectivity index (χ1) is 8.13. The van der Waals surface area contributed by atoms with E-state index in [9.17, 15) is 0 Å². The summed E-state index contributed by atoms with van der Waals surface area (Å²) in [6.07, 6.45) is 6.39. The van der Waals surface area contributed by atoms with Gasteiger partial charge in [-0.05, 0) is 31.1 Å². The molecule has 3 nitrogen and oxygen atoms in total. The Hall–Kier alpha value is -0.570. The van der Waals surface area contributed by atoms with Gasteiger partial charge in [0.15, 0.2) is 0 Å². The van der Waals surface area contributed by atoms with Gasteiger partial charge in [0, 0.05) is 12.0 Å². The first-order valence-electron chi connectivity index (χ1n) is 6.63. The van der Waals surface area contributed by atoms with Crippen LogP contribution in [0.25, 0.3) is 0 Å². The van der Waals surface area contributed by atoms with Crippen LogP contribution in [0.15, 0.2) is 0 Å². The standard InChI is InChI=1S/C13H20ClN3/c1-13(2)7-3-4-10(13)12-16-15-11(8-14)17(12)9-5-6-9/h9-10H,3-8H2,1-2H3. The fourth-order valence-corrected chi connectivity index (χ4v) is 3.38. The van der Waals surface area contributed by atoms with Crippen LogP contribution < -0.4 is 0 Å². The zero-order valence-electron chi connectivity index (χ0n) is 10.6. The SMILES string of the molecule is CC1(C)CCCC1c1nnc(CCl)n1C1CC1. The van der Waals surface area contributed by atoms with Crippen molar-refractivity contribution in [3.63, 3.8) is 0 Å². The minimum absolute atomic E-state index is 0.364. The van der Waals surface area contributed by atoms with Gasteiger partial charge in [-0.15, -0.1) is 21.8 Å². The molecule has 0 aliphatic heterocycles. The van der Waals surface area contributed by atoms with Crippen LogP contribution in [-0.2, 0) is 5.88 Å². The van der Waals surface area contributed by atoms with Crippen LogP contribution in [0.2, 0.25) is 0 Å². The molecule has 2 aliphatic carbocycles. The maximum absolute atomic E-state index is 5.97. The Labute approximate surface area is 108 Å². The number of hydrogen-bond donors (Lipinski definition) is 0. The van der Waals surface area contributed by atoms with Crippen molar-refractivity contribution in [2.45, 2.75) is 63.8 Å². The molecular formula is C13H20ClN3. The van der Waals surface area contributed by atoms with Crippen molar-refractivity contribution in [1.82, 2.24) is 14.8 Å². The maximum atomic E-state index is 5.97. The highest BCUT2D eigenvalue weighted by molar-refractivity contribution is 6.16. The molecule has 1 aromatic rings. The number of hydrogen-bond acceptors (Lipinski definition) is 2. The lowest BCUT2D eigenvalue weighted by Gasteiger charge is -2.26. The van der Waals surface area contributed by atoms with E-state index in [0.717, 1.165) is 5.82 Å². The average molecular weight is 254 g/mol. The van der Waals surface area contributed by atoms with Crippen molar-refractivity contribution in [3.8, 4) is 0 Å². The van der Waals surface area contributed by atoms with Gasteiger partial charge in [0.25, 0.3) is 0 Å². The predicted molar refractivity (Wildman–Crippen MR) is 68.2 cm³/mol. The minimum atomic E-state index is 0.364. The molecule has 0 bridgehead atoms. The molecule has 2 saturated carbocycles. The van der Waals surface area contributed by atoms with Crippen molar-refractivity contribution in [1.29, 1.82) is 0 Å². The molecule has 2 fully saturated rings. The Bertz CT molecular complexity index is 420. The van der Waals surface area contributed by atoms with Crippen molar-refractivity contribution in [2.24, 2.45) is 5.41 Å². The molecule has 17 heavy (non-hydrogen) atoms. The van der Waals surface area contributed by atoms with Gasteiger partial charge < -0.3 is 4.57 Å². The van der Waals surface area contributed by atoms with Crippen LogP contribution >= 0.6 is 11.6 Å².